The molecule has 2 N–H and O–H groups in total. The molecule has 0 spiro atoms. The Hall–Kier alpha value is -2.01. The van der Waals surface area contributed by atoms with Gasteiger partial charge in [0.15, 0.2) is 0 Å². The highest BCUT2D eigenvalue weighted by Crippen LogP contribution is 2.27. The van der Waals surface area contributed by atoms with Crippen molar-refractivity contribution in [1.82, 2.24) is 4.98 Å². The SMILES string of the molecule is COc1cccnc1C(N)c1ccc(F)cc1F. The standard InChI is InChI=1S/C13H12F2N2O/c1-18-11-3-2-6-17-13(11)12(16)9-5-4-8(14)7-10(9)15/h2-7,12H,16H2,1H3. The molecule has 0 aliphatic carbocycles. The summed E-state index contributed by atoms with van der Waals surface area (Å²) in [5, 5.41) is 0. The number of methoxy groups -OCH3 is 1. The Morgan fingerprint density at radius 2 is 2.06 bits per heavy atom. The van der Waals surface area contributed by atoms with Crippen molar-refractivity contribution in [2.75, 3.05) is 7.11 Å². The third-order valence-electron chi connectivity index (χ3n) is 2.61. The lowest BCUT2D eigenvalue weighted by atomic mass is 10.0. The predicted molar refractivity (Wildman–Crippen MR) is 63.2 cm³/mol. The van der Waals surface area contributed by atoms with E-state index < -0.39 is 17.7 Å². The van der Waals surface area contributed by atoms with Crippen LogP contribution in [-0.4, -0.2) is 12.1 Å². The first kappa shape index (κ1) is 12.4. The van der Waals surface area contributed by atoms with E-state index in [1.54, 1.807) is 18.3 Å². The number of nitrogens with zero attached hydrogens (tertiary/aromatic N) is 1. The van der Waals surface area contributed by atoms with Gasteiger partial charge in [0.2, 0.25) is 0 Å². The summed E-state index contributed by atoms with van der Waals surface area (Å²) in [6.07, 6.45) is 1.54. The van der Waals surface area contributed by atoms with E-state index in [0.717, 1.165) is 12.1 Å². The average Bonchev–Trinajstić information content (AvgIpc) is 2.38. The van der Waals surface area contributed by atoms with Crippen molar-refractivity contribution >= 4 is 0 Å². The van der Waals surface area contributed by atoms with Gasteiger partial charge >= 0.3 is 0 Å². The maximum Gasteiger partial charge on any atom is 0.142 e. The van der Waals surface area contributed by atoms with Gasteiger partial charge in [-0.1, -0.05) is 6.07 Å². The number of ether oxygens (including phenoxy) is 1. The minimum Gasteiger partial charge on any atom is -0.495 e. The second-order valence-electron chi connectivity index (χ2n) is 3.73. The van der Waals surface area contributed by atoms with Crippen molar-refractivity contribution in [1.29, 1.82) is 0 Å². The number of halogens is 2. The first-order valence-electron chi connectivity index (χ1n) is 5.33. The molecule has 0 bridgehead atoms. The molecule has 0 radical (unpaired) electrons. The minimum absolute atomic E-state index is 0.174. The molecule has 1 aromatic carbocycles. The topological polar surface area (TPSA) is 48.1 Å². The normalized spacial score (nSPS) is 12.2. The summed E-state index contributed by atoms with van der Waals surface area (Å²) in [4.78, 5) is 4.08. The van der Waals surface area contributed by atoms with E-state index in [1.165, 1.54) is 13.2 Å². The van der Waals surface area contributed by atoms with Crippen LogP contribution < -0.4 is 10.5 Å². The van der Waals surface area contributed by atoms with Gasteiger partial charge in [0.25, 0.3) is 0 Å². The van der Waals surface area contributed by atoms with Crippen LogP contribution >= 0.6 is 0 Å². The molecule has 2 rings (SSSR count). The van der Waals surface area contributed by atoms with Gasteiger partial charge in [-0.3, -0.25) is 4.98 Å². The maximum atomic E-state index is 13.6. The van der Waals surface area contributed by atoms with Gasteiger partial charge in [-0.25, -0.2) is 8.78 Å². The zero-order valence-corrected chi connectivity index (χ0v) is 9.73. The van der Waals surface area contributed by atoms with Gasteiger partial charge in [-0.05, 0) is 18.2 Å². The molecule has 0 aliphatic rings. The number of rotatable bonds is 3. The maximum absolute atomic E-state index is 13.6. The minimum atomic E-state index is -0.804. The van der Waals surface area contributed by atoms with E-state index in [-0.39, 0.29) is 5.56 Å². The zero-order chi connectivity index (χ0) is 13.1. The lowest BCUT2D eigenvalue weighted by Crippen LogP contribution is -2.16. The summed E-state index contributed by atoms with van der Waals surface area (Å²) in [6.45, 7) is 0. The van der Waals surface area contributed by atoms with Crippen LogP contribution in [0.5, 0.6) is 5.75 Å². The summed E-state index contributed by atoms with van der Waals surface area (Å²) in [5.41, 5.74) is 6.52. The van der Waals surface area contributed by atoms with Crippen LogP contribution in [0.1, 0.15) is 17.3 Å². The van der Waals surface area contributed by atoms with Crippen LogP contribution in [0.2, 0.25) is 0 Å². The highest BCUT2D eigenvalue weighted by molar-refractivity contribution is 5.37. The molecule has 3 nitrogen and oxygen atoms in total. The largest absolute Gasteiger partial charge is 0.495 e. The molecular formula is C13H12F2N2O. The number of pyridine rings is 1. The Balaban J connectivity index is 2.44. The molecule has 0 saturated carbocycles. The van der Waals surface area contributed by atoms with Crippen LogP contribution in [0.3, 0.4) is 0 Å². The van der Waals surface area contributed by atoms with Crippen molar-refractivity contribution < 1.29 is 13.5 Å². The van der Waals surface area contributed by atoms with Gasteiger partial charge in [-0.2, -0.15) is 0 Å². The summed E-state index contributed by atoms with van der Waals surface area (Å²) in [7, 11) is 1.48. The van der Waals surface area contributed by atoms with Gasteiger partial charge in [0, 0.05) is 17.8 Å². The van der Waals surface area contributed by atoms with Crippen LogP contribution in [0, 0.1) is 11.6 Å². The molecule has 1 heterocycles. The summed E-state index contributed by atoms with van der Waals surface area (Å²) >= 11 is 0. The first-order valence-corrected chi connectivity index (χ1v) is 5.33. The molecule has 0 fully saturated rings. The van der Waals surface area contributed by atoms with Gasteiger partial charge in [0.05, 0.1) is 13.2 Å². The van der Waals surface area contributed by atoms with E-state index in [0.29, 0.717) is 11.4 Å². The lowest BCUT2D eigenvalue weighted by Gasteiger charge is -2.15. The Morgan fingerprint density at radius 1 is 1.28 bits per heavy atom. The molecule has 0 aliphatic heterocycles. The van der Waals surface area contributed by atoms with E-state index in [9.17, 15) is 8.78 Å². The number of hydrogen-bond donors (Lipinski definition) is 1. The van der Waals surface area contributed by atoms with Gasteiger partial charge in [-0.15, -0.1) is 0 Å². The molecule has 2 aromatic rings. The molecule has 1 unspecified atom stereocenters. The highest BCUT2D eigenvalue weighted by Gasteiger charge is 2.18. The molecule has 0 amide bonds. The fourth-order valence-corrected chi connectivity index (χ4v) is 1.71. The van der Waals surface area contributed by atoms with Crippen LogP contribution in [0.4, 0.5) is 8.78 Å². The van der Waals surface area contributed by atoms with Crippen molar-refractivity contribution in [2.45, 2.75) is 6.04 Å². The Kier molecular flexibility index (Phi) is 3.53. The van der Waals surface area contributed by atoms with Crippen molar-refractivity contribution in [3.8, 4) is 5.75 Å². The zero-order valence-electron chi connectivity index (χ0n) is 9.73. The molecule has 5 heteroatoms. The molecule has 0 saturated heterocycles. The van der Waals surface area contributed by atoms with Crippen molar-refractivity contribution in [3.63, 3.8) is 0 Å². The molecule has 18 heavy (non-hydrogen) atoms. The van der Waals surface area contributed by atoms with E-state index in [4.69, 9.17) is 10.5 Å². The number of aromatic nitrogens is 1. The third kappa shape index (κ3) is 2.31. The van der Waals surface area contributed by atoms with E-state index >= 15 is 0 Å². The fraction of sp³-hybridized carbons (Fsp3) is 0.154. The fourth-order valence-electron chi connectivity index (χ4n) is 1.71. The van der Waals surface area contributed by atoms with Gasteiger partial charge in [0.1, 0.15) is 23.1 Å². The van der Waals surface area contributed by atoms with Crippen molar-refractivity contribution in [2.24, 2.45) is 5.73 Å². The number of nitrogens with two attached hydrogens (primary N) is 1. The molecule has 1 atom stereocenters. The van der Waals surface area contributed by atoms with Gasteiger partial charge < -0.3 is 10.5 Å². The van der Waals surface area contributed by atoms with Crippen LogP contribution in [0.25, 0.3) is 0 Å². The number of benzene rings is 1. The van der Waals surface area contributed by atoms with Crippen LogP contribution in [0.15, 0.2) is 36.5 Å². The second-order valence-corrected chi connectivity index (χ2v) is 3.73. The Morgan fingerprint density at radius 3 is 2.72 bits per heavy atom. The van der Waals surface area contributed by atoms with Crippen molar-refractivity contribution in [3.05, 3.63) is 59.4 Å². The smallest absolute Gasteiger partial charge is 0.142 e. The van der Waals surface area contributed by atoms with E-state index in [2.05, 4.69) is 4.98 Å². The summed E-state index contributed by atoms with van der Waals surface area (Å²) < 4.78 is 31.6. The average molecular weight is 250 g/mol. The quantitative estimate of drug-likeness (QED) is 0.910. The first-order chi connectivity index (χ1) is 8.63. The predicted octanol–water partition coefficient (Wildman–Crippen LogP) is 2.42. The van der Waals surface area contributed by atoms with E-state index in [1.807, 2.05) is 0 Å². The summed E-state index contributed by atoms with van der Waals surface area (Å²) in [6, 6.07) is 5.84. The molecule has 94 valence electrons. The summed E-state index contributed by atoms with van der Waals surface area (Å²) in [5.74, 6) is -0.875. The molecular weight excluding hydrogens is 238 g/mol. The second kappa shape index (κ2) is 5.10. The monoisotopic (exact) mass is 250 g/mol. The molecule has 1 aromatic heterocycles. The third-order valence-corrected chi connectivity index (χ3v) is 2.61. The number of hydrogen-bond acceptors (Lipinski definition) is 3. The Labute approximate surface area is 103 Å². The van der Waals surface area contributed by atoms with Crippen LogP contribution in [-0.2, 0) is 0 Å². The lowest BCUT2D eigenvalue weighted by molar-refractivity contribution is 0.404. The highest BCUT2D eigenvalue weighted by atomic mass is 19.1. The Bertz CT molecular complexity index is 560.